The molecule has 8 heteroatoms. The lowest BCUT2D eigenvalue weighted by Crippen LogP contribution is -2.44. The zero-order valence-corrected chi connectivity index (χ0v) is 14.5. The van der Waals surface area contributed by atoms with Gasteiger partial charge >= 0.3 is 12.0 Å². The molecular weight excluding hydrogens is 328 g/mol. The van der Waals surface area contributed by atoms with Crippen molar-refractivity contribution in [2.45, 2.75) is 26.9 Å². The highest BCUT2D eigenvalue weighted by Crippen LogP contribution is 2.29. The van der Waals surface area contributed by atoms with Crippen molar-refractivity contribution < 1.29 is 28.3 Å². The van der Waals surface area contributed by atoms with Crippen molar-refractivity contribution >= 4 is 28.9 Å². The van der Waals surface area contributed by atoms with Gasteiger partial charge in [-0.3, -0.25) is 10.1 Å². The van der Waals surface area contributed by atoms with E-state index in [1.165, 1.54) is 6.92 Å². The summed E-state index contributed by atoms with van der Waals surface area (Å²) < 4.78 is 15.8. The fourth-order valence-corrected chi connectivity index (χ4v) is 2.21. The quantitative estimate of drug-likeness (QED) is 0.802. The molecule has 0 spiro atoms. The van der Waals surface area contributed by atoms with Gasteiger partial charge in [0.25, 0.3) is 5.91 Å². The Morgan fingerprint density at radius 1 is 1.28 bits per heavy atom. The average Bonchev–Trinajstić information content (AvgIpc) is 2.91. The predicted octanol–water partition coefficient (Wildman–Crippen LogP) is 2.14. The summed E-state index contributed by atoms with van der Waals surface area (Å²) in [6, 6.07) is 4.49. The highest BCUT2D eigenvalue weighted by atomic mass is 16.6. The molecule has 1 atom stereocenters. The monoisotopic (exact) mass is 348 g/mol. The van der Waals surface area contributed by atoms with E-state index in [-0.39, 0.29) is 5.76 Å². The van der Waals surface area contributed by atoms with E-state index < -0.39 is 24.0 Å². The molecule has 2 rings (SSSR count). The minimum absolute atomic E-state index is 0.000845. The number of ether oxygens (including phenoxy) is 2. The van der Waals surface area contributed by atoms with Crippen LogP contribution < -0.4 is 15.4 Å². The highest BCUT2D eigenvalue weighted by molar-refractivity contribution is 6.00. The summed E-state index contributed by atoms with van der Waals surface area (Å²) in [5, 5.41) is 5.21. The largest absolute Gasteiger partial charge is 0.497 e. The first-order valence-corrected chi connectivity index (χ1v) is 7.74. The third-order valence-corrected chi connectivity index (χ3v) is 3.56. The summed E-state index contributed by atoms with van der Waals surface area (Å²) in [6.07, 6.45) is -1.16. The SMILES string of the molecule is CCNC(=O)NC(=O)[C@@H](C)OC(=O)c1oc2ccc(OC)cc2c1C. The van der Waals surface area contributed by atoms with E-state index in [1.54, 1.807) is 39.2 Å². The highest BCUT2D eigenvalue weighted by Gasteiger charge is 2.25. The normalized spacial score (nSPS) is 11.7. The first kappa shape index (κ1) is 18.3. The van der Waals surface area contributed by atoms with Crippen LogP contribution in [-0.2, 0) is 9.53 Å². The third kappa shape index (κ3) is 4.09. The molecule has 1 aromatic carbocycles. The molecular formula is C17H20N2O6. The first-order valence-electron chi connectivity index (χ1n) is 7.74. The number of fused-ring (bicyclic) bond motifs is 1. The van der Waals surface area contributed by atoms with E-state index in [0.29, 0.717) is 28.8 Å². The van der Waals surface area contributed by atoms with Crippen LogP contribution in [0.3, 0.4) is 0 Å². The summed E-state index contributed by atoms with van der Waals surface area (Å²) in [6.45, 7) is 5.16. The molecule has 0 aliphatic carbocycles. The number of urea groups is 1. The molecule has 0 bridgehead atoms. The number of carbonyl (C=O) groups is 3. The fourth-order valence-electron chi connectivity index (χ4n) is 2.21. The van der Waals surface area contributed by atoms with Crippen LogP contribution in [-0.4, -0.2) is 37.7 Å². The second-order valence-corrected chi connectivity index (χ2v) is 5.31. The minimum atomic E-state index is -1.16. The van der Waals surface area contributed by atoms with Crippen LogP contribution in [0.2, 0.25) is 0 Å². The number of benzene rings is 1. The standard InChI is InChI=1S/C17H20N2O6/c1-5-18-17(22)19-15(20)10(3)24-16(21)14-9(2)12-8-11(23-4)6-7-13(12)25-14/h6-8,10H,5H2,1-4H3,(H2,18,19,20,22)/t10-/m1/s1. The lowest BCUT2D eigenvalue weighted by molar-refractivity contribution is -0.128. The average molecular weight is 348 g/mol. The second kappa shape index (κ2) is 7.69. The van der Waals surface area contributed by atoms with E-state index in [1.807, 2.05) is 0 Å². The molecule has 2 aromatic rings. The summed E-state index contributed by atoms with van der Waals surface area (Å²) in [4.78, 5) is 35.5. The Hall–Kier alpha value is -3.03. The molecule has 1 heterocycles. The Kier molecular flexibility index (Phi) is 5.63. The predicted molar refractivity (Wildman–Crippen MR) is 89.6 cm³/mol. The van der Waals surface area contributed by atoms with E-state index in [9.17, 15) is 14.4 Å². The smallest absolute Gasteiger partial charge is 0.375 e. The number of imide groups is 1. The Morgan fingerprint density at radius 2 is 2.00 bits per heavy atom. The van der Waals surface area contributed by atoms with E-state index in [0.717, 1.165) is 0 Å². The molecule has 8 nitrogen and oxygen atoms in total. The topological polar surface area (TPSA) is 107 Å². The Balaban J connectivity index is 2.12. The van der Waals surface area contributed by atoms with Crippen LogP contribution in [0, 0.1) is 6.92 Å². The molecule has 134 valence electrons. The molecule has 0 saturated heterocycles. The lowest BCUT2D eigenvalue weighted by atomic mass is 10.1. The van der Waals surface area contributed by atoms with Crippen molar-refractivity contribution in [1.82, 2.24) is 10.6 Å². The van der Waals surface area contributed by atoms with Crippen molar-refractivity contribution in [1.29, 1.82) is 0 Å². The molecule has 3 amide bonds. The van der Waals surface area contributed by atoms with Crippen LogP contribution in [0.25, 0.3) is 11.0 Å². The van der Waals surface area contributed by atoms with Gasteiger partial charge in [-0.05, 0) is 39.0 Å². The number of carbonyl (C=O) groups excluding carboxylic acids is 3. The number of hydrogen-bond donors (Lipinski definition) is 2. The van der Waals surface area contributed by atoms with Gasteiger partial charge in [0, 0.05) is 17.5 Å². The van der Waals surface area contributed by atoms with Gasteiger partial charge < -0.3 is 19.2 Å². The van der Waals surface area contributed by atoms with Gasteiger partial charge in [0.1, 0.15) is 11.3 Å². The number of amides is 3. The van der Waals surface area contributed by atoms with Crippen LogP contribution in [0.15, 0.2) is 22.6 Å². The maximum Gasteiger partial charge on any atom is 0.375 e. The minimum Gasteiger partial charge on any atom is -0.497 e. The van der Waals surface area contributed by atoms with Crippen molar-refractivity contribution in [3.05, 3.63) is 29.5 Å². The molecule has 25 heavy (non-hydrogen) atoms. The number of rotatable bonds is 5. The van der Waals surface area contributed by atoms with Crippen molar-refractivity contribution in [2.75, 3.05) is 13.7 Å². The molecule has 1 aromatic heterocycles. The third-order valence-electron chi connectivity index (χ3n) is 3.56. The van der Waals surface area contributed by atoms with Gasteiger partial charge in [-0.15, -0.1) is 0 Å². The van der Waals surface area contributed by atoms with Gasteiger partial charge in [-0.2, -0.15) is 0 Å². The number of esters is 1. The van der Waals surface area contributed by atoms with Gasteiger partial charge in [0.15, 0.2) is 6.10 Å². The maximum absolute atomic E-state index is 12.3. The van der Waals surface area contributed by atoms with Gasteiger partial charge in [-0.25, -0.2) is 9.59 Å². The van der Waals surface area contributed by atoms with E-state index in [2.05, 4.69) is 10.6 Å². The Bertz CT molecular complexity index is 811. The molecule has 2 N–H and O–H groups in total. The fraction of sp³-hybridized carbons (Fsp3) is 0.353. The van der Waals surface area contributed by atoms with E-state index in [4.69, 9.17) is 13.9 Å². The number of hydrogen-bond acceptors (Lipinski definition) is 6. The summed E-state index contributed by atoms with van der Waals surface area (Å²) in [5.74, 6) is -0.882. The molecule has 0 aliphatic heterocycles. The van der Waals surface area contributed by atoms with Crippen molar-refractivity contribution in [2.24, 2.45) is 0 Å². The van der Waals surface area contributed by atoms with Crippen LogP contribution >= 0.6 is 0 Å². The molecule has 0 fully saturated rings. The molecule has 0 unspecified atom stereocenters. The maximum atomic E-state index is 12.3. The first-order chi connectivity index (χ1) is 11.9. The summed E-state index contributed by atoms with van der Waals surface area (Å²) >= 11 is 0. The van der Waals surface area contributed by atoms with Gasteiger partial charge in [-0.1, -0.05) is 0 Å². The molecule has 0 saturated carbocycles. The zero-order chi connectivity index (χ0) is 18.6. The van der Waals surface area contributed by atoms with Crippen LogP contribution in [0.5, 0.6) is 5.75 Å². The Labute approximate surface area is 144 Å². The lowest BCUT2D eigenvalue weighted by Gasteiger charge is -2.12. The zero-order valence-electron chi connectivity index (χ0n) is 14.5. The summed E-state index contributed by atoms with van der Waals surface area (Å²) in [7, 11) is 1.54. The van der Waals surface area contributed by atoms with Crippen molar-refractivity contribution in [3.63, 3.8) is 0 Å². The number of methoxy groups -OCH3 is 1. The Morgan fingerprint density at radius 3 is 2.64 bits per heavy atom. The van der Waals surface area contributed by atoms with Crippen molar-refractivity contribution in [3.8, 4) is 5.75 Å². The molecule has 0 radical (unpaired) electrons. The van der Waals surface area contributed by atoms with E-state index >= 15 is 0 Å². The number of aryl methyl sites for hydroxylation is 1. The number of nitrogens with one attached hydrogen (secondary N) is 2. The van der Waals surface area contributed by atoms with Gasteiger partial charge in [0.05, 0.1) is 7.11 Å². The van der Waals surface area contributed by atoms with Crippen LogP contribution in [0.4, 0.5) is 4.79 Å². The van der Waals surface area contributed by atoms with Gasteiger partial charge in [0.2, 0.25) is 5.76 Å². The second-order valence-electron chi connectivity index (χ2n) is 5.31. The number of furan rings is 1. The molecule has 0 aliphatic rings. The van der Waals surface area contributed by atoms with Crippen LogP contribution in [0.1, 0.15) is 30.0 Å². The summed E-state index contributed by atoms with van der Waals surface area (Å²) in [5.41, 5.74) is 1.08.